The van der Waals surface area contributed by atoms with Gasteiger partial charge in [-0.1, -0.05) is 62.4 Å². The fourth-order valence-corrected chi connectivity index (χ4v) is 6.48. The van der Waals surface area contributed by atoms with Gasteiger partial charge < -0.3 is 73.8 Å². The molecule has 4 aromatic rings. The summed E-state index contributed by atoms with van der Waals surface area (Å²) in [6.07, 6.45) is -4.41. The number of amides is 6. The van der Waals surface area contributed by atoms with Crippen LogP contribution in [0.3, 0.4) is 0 Å². The zero-order valence-corrected chi connectivity index (χ0v) is 35.0. The van der Waals surface area contributed by atoms with Gasteiger partial charge in [-0.05, 0) is 83.1 Å². The number of carboxylic acid groups (broad SMARTS) is 1. The molecule has 21 nitrogen and oxygen atoms in total. The zero-order valence-electron chi connectivity index (χ0n) is 35.0. The van der Waals surface area contributed by atoms with Crippen LogP contribution in [-0.4, -0.2) is 101 Å². The second-order valence-corrected chi connectivity index (χ2v) is 15.4. The second kappa shape index (κ2) is 22.6. The lowest BCUT2D eigenvalue weighted by molar-refractivity contribution is -0.146. The number of benzene rings is 4. The Balaban J connectivity index is 1.68. The molecule has 0 saturated heterocycles. The maximum absolute atomic E-state index is 14.3. The van der Waals surface area contributed by atoms with Crippen molar-refractivity contribution < 1.29 is 69.3 Å². The largest absolute Gasteiger partial charge is 0.508 e. The summed E-state index contributed by atoms with van der Waals surface area (Å²) in [6.45, 7) is 3.59. The number of hydrogen-bond donors (Lipinski definition) is 14. The lowest BCUT2D eigenvalue weighted by Crippen LogP contribution is -2.58. The fraction of sp³-hybridized carbons (Fsp3) is 0.295. The summed E-state index contributed by atoms with van der Waals surface area (Å²) in [5.41, 5.74) is 11.5. The van der Waals surface area contributed by atoms with Crippen LogP contribution in [0.1, 0.15) is 73.2 Å². The number of carboxylic acids is 1. The summed E-state index contributed by atoms with van der Waals surface area (Å²) in [5, 5.41) is 83.4. The predicted molar refractivity (Wildman–Crippen MR) is 229 cm³/mol. The number of hydrogen-bond acceptors (Lipinski definition) is 14. The van der Waals surface area contributed by atoms with Crippen LogP contribution in [-0.2, 0) is 33.6 Å². The van der Waals surface area contributed by atoms with Gasteiger partial charge in [0.1, 0.15) is 59.4 Å². The van der Waals surface area contributed by atoms with Gasteiger partial charge in [0, 0.05) is 0 Å². The number of carbonyl (C=O) groups excluding carboxylic acids is 6. The Labute approximate surface area is 371 Å². The van der Waals surface area contributed by atoms with E-state index in [0.29, 0.717) is 0 Å². The van der Waals surface area contributed by atoms with Gasteiger partial charge in [0.05, 0.1) is 12.5 Å². The third kappa shape index (κ3) is 14.1. The Kier molecular flexibility index (Phi) is 17.3. The Morgan fingerprint density at radius 1 is 0.492 bits per heavy atom. The van der Waals surface area contributed by atoms with Crippen LogP contribution < -0.4 is 38.1 Å². The Morgan fingerprint density at radius 3 is 1.23 bits per heavy atom. The van der Waals surface area contributed by atoms with Gasteiger partial charge in [-0.3, -0.25) is 28.8 Å². The highest BCUT2D eigenvalue weighted by atomic mass is 16.4. The molecule has 6 amide bonds. The van der Waals surface area contributed by atoms with Crippen LogP contribution in [0.25, 0.3) is 0 Å². The number of nitrogens with two attached hydrogens (primary N) is 2. The molecular formula is C44H51N7O14. The van der Waals surface area contributed by atoms with Crippen molar-refractivity contribution >= 4 is 41.4 Å². The van der Waals surface area contributed by atoms with Crippen molar-refractivity contribution in [3.05, 3.63) is 119 Å². The second-order valence-electron chi connectivity index (χ2n) is 15.4. The zero-order chi connectivity index (χ0) is 48.1. The van der Waals surface area contributed by atoms with Crippen molar-refractivity contribution in [1.29, 1.82) is 0 Å². The third-order valence-corrected chi connectivity index (χ3v) is 9.90. The number of aliphatic hydroxyl groups is 2. The van der Waals surface area contributed by atoms with Crippen LogP contribution in [0, 0.1) is 5.92 Å². The molecule has 0 fully saturated rings. The molecular weight excluding hydrogens is 851 g/mol. The quantitative estimate of drug-likeness (QED) is 0.0514. The van der Waals surface area contributed by atoms with E-state index >= 15 is 0 Å². The first-order valence-electron chi connectivity index (χ1n) is 20.0. The molecule has 0 radical (unpaired) electrons. The number of aliphatic hydroxyl groups excluding tert-OH is 2. The molecule has 346 valence electrons. The molecule has 4 rings (SSSR count). The third-order valence-electron chi connectivity index (χ3n) is 9.90. The lowest BCUT2D eigenvalue weighted by Gasteiger charge is -2.29. The summed E-state index contributed by atoms with van der Waals surface area (Å²) in [5.74, 6) is -9.42. The monoisotopic (exact) mass is 901 g/mol. The Morgan fingerprint density at radius 2 is 0.846 bits per heavy atom. The molecule has 0 spiro atoms. The highest BCUT2D eigenvalue weighted by Crippen LogP contribution is 2.25. The summed E-state index contributed by atoms with van der Waals surface area (Å²) in [7, 11) is 0. The number of phenols is 4. The van der Waals surface area contributed by atoms with Crippen LogP contribution in [0.2, 0.25) is 0 Å². The van der Waals surface area contributed by atoms with Gasteiger partial charge in [0.25, 0.3) is 0 Å². The molecule has 4 unspecified atom stereocenters. The van der Waals surface area contributed by atoms with E-state index in [0.717, 1.165) is 24.3 Å². The highest BCUT2D eigenvalue weighted by molar-refractivity contribution is 5.98. The molecule has 0 aliphatic carbocycles. The molecule has 65 heavy (non-hydrogen) atoms. The Hall–Kier alpha value is -7.75. The lowest BCUT2D eigenvalue weighted by atomic mass is 9.98. The maximum atomic E-state index is 14.3. The van der Waals surface area contributed by atoms with Gasteiger partial charge in [-0.25, -0.2) is 4.79 Å². The number of phenolic OH excluding ortho intramolecular Hbond substituents is 4. The number of nitrogens with one attached hydrogen (secondary N) is 5. The average Bonchev–Trinajstić information content (AvgIpc) is 3.25. The number of aliphatic carboxylic acids is 1. The van der Waals surface area contributed by atoms with E-state index in [1.165, 1.54) is 72.8 Å². The molecule has 0 aliphatic heterocycles. The molecule has 8 atom stereocenters. The summed E-state index contributed by atoms with van der Waals surface area (Å²) >= 11 is 0. The minimum atomic E-state index is -2.03. The fourth-order valence-electron chi connectivity index (χ4n) is 6.48. The smallest absolute Gasteiger partial charge is 0.329 e. The minimum Gasteiger partial charge on any atom is -0.508 e. The van der Waals surface area contributed by atoms with Crippen LogP contribution in [0.15, 0.2) is 97.1 Å². The van der Waals surface area contributed by atoms with Crippen molar-refractivity contribution in [1.82, 2.24) is 26.6 Å². The van der Waals surface area contributed by atoms with Crippen molar-refractivity contribution in [3.8, 4) is 23.0 Å². The van der Waals surface area contributed by atoms with E-state index in [1.807, 2.05) is 0 Å². The minimum absolute atomic E-state index is 0.00769. The summed E-state index contributed by atoms with van der Waals surface area (Å²) < 4.78 is 0. The first-order valence-corrected chi connectivity index (χ1v) is 20.0. The van der Waals surface area contributed by atoms with E-state index < -0.39 is 96.3 Å². The van der Waals surface area contributed by atoms with Crippen molar-refractivity contribution in [2.24, 2.45) is 17.4 Å². The normalized spacial score (nSPS) is 14.8. The van der Waals surface area contributed by atoms with E-state index in [-0.39, 0.29) is 57.6 Å². The molecule has 0 aromatic heterocycles. The first-order chi connectivity index (χ1) is 30.6. The number of rotatable bonds is 21. The number of aromatic hydroxyl groups is 4. The number of primary amides is 1. The highest BCUT2D eigenvalue weighted by Gasteiger charge is 2.38. The molecule has 4 aromatic carbocycles. The summed E-state index contributed by atoms with van der Waals surface area (Å²) in [4.78, 5) is 94.3. The predicted octanol–water partition coefficient (Wildman–Crippen LogP) is -0.221. The molecule has 0 bridgehead atoms. The van der Waals surface area contributed by atoms with E-state index in [4.69, 9.17) is 11.5 Å². The van der Waals surface area contributed by atoms with Crippen LogP contribution >= 0.6 is 0 Å². The van der Waals surface area contributed by atoms with Crippen LogP contribution in [0.4, 0.5) is 0 Å². The van der Waals surface area contributed by atoms with Gasteiger partial charge in [0.15, 0.2) is 6.04 Å². The average molecular weight is 902 g/mol. The standard InChI is InChI=1S/C44H51N7O14/c1-21(2)19-30(45)39(59)50-35(37(57)24-7-15-28(54)16-8-24)43(63)47-31(20-32(46)56)40(60)48-33(22-3-11-26(52)12-4-22)41(61)49-34(23-5-13-27(53)14-6-23)42(62)51-36(44(64)65)38(58)25-9-17-29(55)18-10-25/h3-18,21,30-31,33-38,52-55,57-58H,19-20,45H2,1-2H3,(H2,46,56)(H,47,63)(H,48,60)(H,49,61)(H,50,59)(H,51,62)(H,64,65)/t30-,31-,33+,34+,35?,36?,37?,38?/m0/s1. The SMILES string of the molecule is CC(C)C[C@H](N)C(=O)NC(C(=O)N[C@@H](CC(N)=O)C(=O)N[C@@H](C(=O)N[C@@H](C(=O)NC(C(=O)O)C(O)c1ccc(O)cc1)c1ccc(O)cc1)c1ccc(O)cc1)C(O)c1ccc(O)cc1. The maximum Gasteiger partial charge on any atom is 0.329 e. The van der Waals surface area contributed by atoms with Gasteiger partial charge in [-0.15, -0.1) is 0 Å². The molecule has 21 heteroatoms. The Bertz CT molecular complexity index is 2310. The first kappa shape index (κ1) is 49.9. The van der Waals surface area contributed by atoms with E-state index in [2.05, 4.69) is 26.6 Å². The summed E-state index contributed by atoms with van der Waals surface area (Å²) in [6, 6.07) is 8.66. The molecule has 0 heterocycles. The van der Waals surface area contributed by atoms with Gasteiger partial charge in [-0.2, -0.15) is 0 Å². The van der Waals surface area contributed by atoms with Gasteiger partial charge >= 0.3 is 5.97 Å². The number of carbonyl (C=O) groups is 7. The van der Waals surface area contributed by atoms with E-state index in [1.54, 1.807) is 13.8 Å². The van der Waals surface area contributed by atoms with Crippen molar-refractivity contribution in [3.63, 3.8) is 0 Å². The van der Waals surface area contributed by atoms with Crippen molar-refractivity contribution in [2.75, 3.05) is 0 Å². The van der Waals surface area contributed by atoms with E-state index in [9.17, 15) is 69.3 Å². The molecule has 16 N–H and O–H groups in total. The van der Waals surface area contributed by atoms with Gasteiger partial charge in [0.2, 0.25) is 35.4 Å². The van der Waals surface area contributed by atoms with Crippen molar-refractivity contribution in [2.45, 2.75) is 75.1 Å². The molecule has 0 aliphatic rings. The van der Waals surface area contributed by atoms with Crippen LogP contribution in [0.5, 0.6) is 23.0 Å². The molecule has 0 saturated carbocycles. The topological polar surface area (TPSA) is 373 Å².